The highest BCUT2D eigenvalue weighted by Crippen LogP contribution is 2.14. The molecule has 0 saturated carbocycles. The van der Waals surface area contributed by atoms with Gasteiger partial charge in [-0.2, -0.15) is 0 Å². The number of aromatic nitrogens is 2. The molecule has 7 heteroatoms. The van der Waals surface area contributed by atoms with Crippen LogP contribution >= 0.6 is 0 Å². The third-order valence-electron chi connectivity index (χ3n) is 3.44. The fourth-order valence-electron chi connectivity index (χ4n) is 1.88. The Balaban J connectivity index is 2.09. The van der Waals surface area contributed by atoms with Crippen molar-refractivity contribution in [2.75, 3.05) is 12.4 Å². The number of hydrogen-bond donors (Lipinski definition) is 2. The Bertz CT molecular complexity index is 716. The quantitative estimate of drug-likeness (QED) is 0.792. The van der Waals surface area contributed by atoms with E-state index in [1.54, 1.807) is 30.3 Å². The number of ether oxygens (including phenoxy) is 1. The predicted octanol–water partition coefficient (Wildman–Crippen LogP) is 2.54. The lowest BCUT2D eigenvalue weighted by atomic mass is 10.2. The summed E-state index contributed by atoms with van der Waals surface area (Å²) < 4.78 is 4.65. The normalized spacial score (nSPS) is 11.5. The van der Waals surface area contributed by atoms with Gasteiger partial charge < -0.3 is 15.4 Å². The van der Waals surface area contributed by atoms with Gasteiger partial charge in [0, 0.05) is 17.9 Å². The molecule has 1 atom stereocenters. The highest BCUT2D eigenvalue weighted by Gasteiger charge is 2.11. The van der Waals surface area contributed by atoms with Crippen LogP contribution in [0.2, 0.25) is 0 Å². The molecular formula is C17H20N4O3. The van der Waals surface area contributed by atoms with Gasteiger partial charge in [-0.3, -0.25) is 4.79 Å². The van der Waals surface area contributed by atoms with Gasteiger partial charge in [0.1, 0.15) is 5.69 Å². The SMILES string of the molecule is CCC(C)NC(=O)c1ccnc(Nc2ccc(C(=O)OC)cc2)n1. The standard InChI is InChI=1S/C17H20N4O3/c1-4-11(2)19-15(22)14-9-10-18-17(21-14)20-13-7-5-12(6-8-13)16(23)24-3/h5-11H,4H2,1-3H3,(H,19,22)(H,18,20,21). The largest absolute Gasteiger partial charge is 0.465 e. The van der Waals surface area contributed by atoms with Crippen LogP contribution in [-0.4, -0.2) is 35.0 Å². The molecule has 1 amide bonds. The van der Waals surface area contributed by atoms with Crippen molar-refractivity contribution in [2.24, 2.45) is 0 Å². The Hall–Kier alpha value is -2.96. The molecule has 1 unspecified atom stereocenters. The number of anilines is 2. The minimum absolute atomic E-state index is 0.0785. The van der Waals surface area contributed by atoms with Gasteiger partial charge in [-0.15, -0.1) is 0 Å². The second kappa shape index (κ2) is 8.05. The minimum Gasteiger partial charge on any atom is -0.465 e. The van der Waals surface area contributed by atoms with E-state index in [9.17, 15) is 9.59 Å². The molecule has 0 aliphatic heterocycles. The summed E-state index contributed by atoms with van der Waals surface area (Å²) in [5.41, 5.74) is 1.44. The van der Waals surface area contributed by atoms with E-state index in [2.05, 4.69) is 25.3 Å². The maximum atomic E-state index is 12.1. The third-order valence-corrected chi connectivity index (χ3v) is 3.44. The number of esters is 1. The van der Waals surface area contributed by atoms with Crippen molar-refractivity contribution in [3.05, 3.63) is 47.8 Å². The minimum atomic E-state index is -0.401. The van der Waals surface area contributed by atoms with Crippen LogP contribution in [0.25, 0.3) is 0 Å². The molecule has 0 saturated heterocycles. The molecule has 0 aliphatic carbocycles. The number of amides is 1. The molecule has 1 aromatic heterocycles. The van der Waals surface area contributed by atoms with Crippen LogP contribution < -0.4 is 10.6 Å². The first-order valence-corrected chi connectivity index (χ1v) is 7.62. The smallest absolute Gasteiger partial charge is 0.337 e. The molecule has 2 N–H and O–H groups in total. The van der Waals surface area contributed by atoms with Gasteiger partial charge in [0.25, 0.3) is 5.91 Å². The van der Waals surface area contributed by atoms with Crippen molar-refractivity contribution in [1.29, 1.82) is 0 Å². The molecule has 0 radical (unpaired) electrons. The average molecular weight is 328 g/mol. The first kappa shape index (κ1) is 17.4. The van der Waals surface area contributed by atoms with Crippen molar-refractivity contribution in [3.63, 3.8) is 0 Å². The van der Waals surface area contributed by atoms with E-state index in [1.807, 2.05) is 13.8 Å². The van der Waals surface area contributed by atoms with E-state index in [-0.39, 0.29) is 11.9 Å². The molecule has 0 bridgehead atoms. The van der Waals surface area contributed by atoms with E-state index in [0.717, 1.165) is 6.42 Å². The zero-order valence-corrected chi connectivity index (χ0v) is 13.9. The number of nitrogens with one attached hydrogen (secondary N) is 2. The molecule has 0 fully saturated rings. The molecule has 0 spiro atoms. The highest BCUT2D eigenvalue weighted by molar-refractivity contribution is 5.92. The lowest BCUT2D eigenvalue weighted by molar-refractivity contribution is 0.0600. The Morgan fingerprint density at radius 1 is 1.21 bits per heavy atom. The van der Waals surface area contributed by atoms with E-state index in [4.69, 9.17) is 0 Å². The van der Waals surface area contributed by atoms with Crippen LogP contribution in [0, 0.1) is 0 Å². The maximum absolute atomic E-state index is 12.1. The highest BCUT2D eigenvalue weighted by atomic mass is 16.5. The number of carbonyl (C=O) groups excluding carboxylic acids is 2. The fraction of sp³-hybridized carbons (Fsp3) is 0.294. The second-order valence-corrected chi connectivity index (χ2v) is 5.24. The summed E-state index contributed by atoms with van der Waals surface area (Å²) in [5, 5.41) is 5.85. The summed E-state index contributed by atoms with van der Waals surface area (Å²) in [6.45, 7) is 3.93. The number of hydrogen-bond acceptors (Lipinski definition) is 6. The molecule has 24 heavy (non-hydrogen) atoms. The van der Waals surface area contributed by atoms with Gasteiger partial charge in [0.05, 0.1) is 12.7 Å². The molecule has 2 aromatic rings. The van der Waals surface area contributed by atoms with E-state index in [0.29, 0.717) is 22.9 Å². The predicted molar refractivity (Wildman–Crippen MR) is 90.3 cm³/mol. The summed E-state index contributed by atoms with van der Waals surface area (Å²) in [6.07, 6.45) is 2.36. The monoisotopic (exact) mass is 328 g/mol. The number of methoxy groups -OCH3 is 1. The van der Waals surface area contributed by atoms with Crippen molar-refractivity contribution in [1.82, 2.24) is 15.3 Å². The van der Waals surface area contributed by atoms with Gasteiger partial charge in [-0.1, -0.05) is 6.92 Å². The number of benzene rings is 1. The average Bonchev–Trinajstić information content (AvgIpc) is 2.61. The first-order valence-electron chi connectivity index (χ1n) is 7.62. The first-order chi connectivity index (χ1) is 11.5. The second-order valence-electron chi connectivity index (χ2n) is 5.24. The van der Waals surface area contributed by atoms with Crippen LogP contribution in [0.5, 0.6) is 0 Å². The summed E-state index contributed by atoms with van der Waals surface area (Å²) >= 11 is 0. The summed E-state index contributed by atoms with van der Waals surface area (Å²) in [7, 11) is 1.33. The zero-order chi connectivity index (χ0) is 17.5. The van der Waals surface area contributed by atoms with Gasteiger partial charge in [-0.05, 0) is 43.7 Å². The summed E-state index contributed by atoms with van der Waals surface area (Å²) in [5.74, 6) is -0.338. The topological polar surface area (TPSA) is 93.2 Å². The number of rotatable bonds is 6. The molecular weight excluding hydrogens is 308 g/mol. The van der Waals surface area contributed by atoms with Gasteiger partial charge in [0.2, 0.25) is 5.95 Å². The van der Waals surface area contributed by atoms with E-state index in [1.165, 1.54) is 13.3 Å². The third kappa shape index (κ3) is 4.52. The molecule has 126 valence electrons. The van der Waals surface area contributed by atoms with E-state index >= 15 is 0 Å². The molecule has 1 aromatic carbocycles. The van der Waals surface area contributed by atoms with Crippen molar-refractivity contribution >= 4 is 23.5 Å². The van der Waals surface area contributed by atoms with Gasteiger partial charge >= 0.3 is 5.97 Å². The van der Waals surface area contributed by atoms with Crippen molar-refractivity contribution in [2.45, 2.75) is 26.3 Å². The Labute approximate surface area is 140 Å². The number of nitrogens with zero attached hydrogens (tertiary/aromatic N) is 2. The van der Waals surface area contributed by atoms with Crippen molar-refractivity contribution < 1.29 is 14.3 Å². The van der Waals surface area contributed by atoms with Crippen molar-refractivity contribution in [3.8, 4) is 0 Å². The van der Waals surface area contributed by atoms with E-state index < -0.39 is 5.97 Å². The molecule has 0 aliphatic rings. The Morgan fingerprint density at radius 3 is 2.54 bits per heavy atom. The lowest BCUT2D eigenvalue weighted by Gasteiger charge is -2.11. The Morgan fingerprint density at radius 2 is 1.92 bits per heavy atom. The van der Waals surface area contributed by atoms with Crippen LogP contribution in [0.15, 0.2) is 36.5 Å². The summed E-state index contributed by atoms with van der Waals surface area (Å²) in [4.78, 5) is 31.8. The molecule has 1 heterocycles. The zero-order valence-electron chi connectivity index (χ0n) is 13.9. The Kier molecular flexibility index (Phi) is 5.83. The fourth-order valence-corrected chi connectivity index (χ4v) is 1.88. The number of carbonyl (C=O) groups is 2. The maximum Gasteiger partial charge on any atom is 0.337 e. The molecule has 7 nitrogen and oxygen atoms in total. The van der Waals surface area contributed by atoms with Crippen LogP contribution in [0.1, 0.15) is 41.1 Å². The van der Waals surface area contributed by atoms with Crippen LogP contribution in [0.4, 0.5) is 11.6 Å². The van der Waals surface area contributed by atoms with Crippen LogP contribution in [-0.2, 0) is 4.74 Å². The van der Waals surface area contributed by atoms with Crippen LogP contribution in [0.3, 0.4) is 0 Å². The van der Waals surface area contributed by atoms with Gasteiger partial charge in [0.15, 0.2) is 0 Å². The molecule has 2 rings (SSSR count). The van der Waals surface area contributed by atoms with Gasteiger partial charge in [-0.25, -0.2) is 14.8 Å². The lowest BCUT2D eigenvalue weighted by Crippen LogP contribution is -2.32. The summed E-state index contributed by atoms with van der Waals surface area (Å²) in [6, 6.07) is 8.32.